The molecule has 0 aromatic heterocycles. The number of amides is 2. The minimum atomic E-state index is -0.308. The Balaban J connectivity index is 2.47. The Bertz CT molecular complexity index is 662. The summed E-state index contributed by atoms with van der Waals surface area (Å²) in [5.74, 6) is 0.453. The summed E-state index contributed by atoms with van der Waals surface area (Å²) in [7, 11) is 3.43. The van der Waals surface area contributed by atoms with E-state index in [0.29, 0.717) is 0 Å². The van der Waals surface area contributed by atoms with Gasteiger partial charge in [-0.15, -0.1) is 0 Å². The van der Waals surface area contributed by atoms with Gasteiger partial charge >= 0.3 is 0 Å². The first-order valence-corrected chi connectivity index (χ1v) is 13.0. The molecule has 2 aliphatic rings. The second kappa shape index (κ2) is 9.92. The first kappa shape index (κ1) is 30.0. The highest BCUT2D eigenvalue weighted by Gasteiger charge is 2.58. The van der Waals surface area contributed by atoms with Gasteiger partial charge in [0, 0.05) is 34.2 Å². The molecule has 0 spiro atoms. The first-order chi connectivity index (χ1) is 15.9. The third-order valence-electron chi connectivity index (χ3n) is 10.3. The van der Waals surface area contributed by atoms with Crippen molar-refractivity contribution in [2.45, 2.75) is 117 Å². The van der Waals surface area contributed by atoms with Gasteiger partial charge in [-0.05, 0) is 79.1 Å². The average molecular weight is 497 g/mol. The molecular weight excluding hydrogens is 444 g/mol. The highest BCUT2D eigenvalue weighted by Crippen LogP contribution is 2.49. The van der Waals surface area contributed by atoms with Crippen molar-refractivity contribution in [1.82, 2.24) is 19.9 Å². The number of hydrogen-bond acceptors (Lipinski definition) is 6. The fourth-order valence-corrected chi connectivity index (χ4v) is 7.44. The fraction of sp³-hybridized carbons (Fsp3) is 0.926. The van der Waals surface area contributed by atoms with Gasteiger partial charge in [-0.1, -0.05) is 27.7 Å². The Labute approximate surface area is 214 Å². The van der Waals surface area contributed by atoms with Gasteiger partial charge in [-0.25, -0.2) is 0 Å². The second-order valence-electron chi connectivity index (χ2n) is 13.1. The van der Waals surface area contributed by atoms with Crippen LogP contribution in [0.15, 0.2) is 0 Å². The summed E-state index contributed by atoms with van der Waals surface area (Å²) in [5.41, 5.74) is -1.23. The lowest BCUT2D eigenvalue weighted by Gasteiger charge is -2.63. The predicted octanol–water partition coefficient (Wildman–Crippen LogP) is 4.01. The van der Waals surface area contributed by atoms with Crippen LogP contribution in [0.4, 0.5) is 0 Å². The van der Waals surface area contributed by atoms with Crippen LogP contribution < -0.4 is 0 Å². The van der Waals surface area contributed by atoms with E-state index in [-0.39, 0.29) is 64.6 Å². The van der Waals surface area contributed by atoms with Crippen molar-refractivity contribution in [3.8, 4) is 0 Å². The smallest absolute Gasteiger partial charge is 0.211 e. The maximum Gasteiger partial charge on any atom is 0.211 e. The number of nitrogens with zero attached hydrogens (tertiary/aromatic N) is 4. The van der Waals surface area contributed by atoms with Crippen molar-refractivity contribution in [3.63, 3.8) is 0 Å². The van der Waals surface area contributed by atoms with Crippen LogP contribution in [0.25, 0.3) is 0 Å². The predicted molar refractivity (Wildman–Crippen MR) is 139 cm³/mol. The van der Waals surface area contributed by atoms with Crippen LogP contribution in [0.5, 0.6) is 0 Å². The van der Waals surface area contributed by atoms with Gasteiger partial charge in [-0.3, -0.25) is 9.59 Å². The Kier molecular flexibility index (Phi) is 8.50. The van der Waals surface area contributed by atoms with Crippen molar-refractivity contribution >= 4 is 12.8 Å². The summed E-state index contributed by atoms with van der Waals surface area (Å²) in [4.78, 5) is 40.7. The van der Waals surface area contributed by atoms with Crippen molar-refractivity contribution < 1.29 is 19.3 Å². The lowest BCUT2D eigenvalue weighted by molar-refractivity contribution is -0.307. The molecule has 8 nitrogen and oxygen atoms in total. The normalized spacial score (nSPS) is 36.4. The van der Waals surface area contributed by atoms with E-state index in [1.807, 2.05) is 9.80 Å². The standard InChI is InChI=1S/C27H52N4O4/c1-18-22(19(2)25(7,8)30(34-13)24(18,5)6)28(16-32)15-29(17-33)23-20(3)26(9,10)31(35-14)27(11,12)21(23)4/h16-23H,15H2,1-14H3. The van der Waals surface area contributed by atoms with Gasteiger partial charge < -0.3 is 19.5 Å². The summed E-state index contributed by atoms with van der Waals surface area (Å²) in [6.45, 7) is 26.3. The van der Waals surface area contributed by atoms with Crippen molar-refractivity contribution in [2.24, 2.45) is 23.7 Å². The molecule has 35 heavy (non-hydrogen) atoms. The maximum atomic E-state index is 12.6. The van der Waals surface area contributed by atoms with Crippen molar-refractivity contribution in [2.75, 3.05) is 20.9 Å². The molecule has 2 rings (SSSR count). The lowest BCUT2D eigenvalue weighted by atomic mass is 9.65. The van der Waals surface area contributed by atoms with Gasteiger partial charge in [0.05, 0.1) is 20.9 Å². The lowest BCUT2D eigenvalue weighted by Crippen LogP contribution is -2.74. The molecule has 2 heterocycles. The van der Waals surface area contributed by atoms with Crippen molar-refractivity contribution in [1.29, 1.82) is 0 Å². The fourth-order valence-electron chi connectivity index (χ4n) is 7.44. The van der Waals surface area contributed by atoms with E-state index in [4.69, 9.17) is 9.68 Å². The molecule has 204 valence electrons. The van der Waals surface area contributed by atoms with Crippen LogP contribution in [0, 0.1) is 23.7 Å². The molecule has 2 aliphatic heterocycles. The van der Waals surface area contributed by atoms with Crippen LogP contribution in [-0.2, 0) is 19.3 Å². The summed E-state index contributed by atoms with van der Waals surface area (Å²) in [6.07, 6.45) is 1.86. The third kappa shape index (κ3) is 4.53. The molecule has 4 atom stereocenters. The zero-order valence-electron chi connectivity index (χ0n) is 24.7. The molecule has 0 aromatic carbocycles. The molecular formula is C27H52N4O4. The molecule has 0 N–H and O–H groups in total. The van der Waals surface area contributed by atoms with Crippen LogP contribution in [0.1, 0.15) is 83.1 Å². The third-order valence-corrected chi connectivity index (χ3v) is 10.3. The molecule has 4 unspecified atom stereocenters. The molecule has 0 bridgehead atoms. The van der Waals surface area contributed by atoms with Crippen LogP contribution >= 0.6 is 0 Å². The highest BCUT2D eigenvalue weighted by molar-refractivity contribution is 5.52. The Hall–Kier alpha value is -1.22. The Morgan fingerprint density at radius 1 is 0.600 bits per heavy atom. The molecule has 8 heteroatoms. The number of hydrogen-bond donors (Lipinski definition) is 0. The highest BCUT2D eigenvalue weighted by atomic mass is 16.7. The van der Waals surface area contributed by atoms with Gasteiger partial charge in [-0.2, -0.15) is 10.1 Å². The zero-order valence-corrected chi connectivity index (χ0v) is 24.7. The molecule has 2 fully saturated rings. The Morgan fingerprint density at radius 2 is 0.829 bits per heavy atom. The van der Waals surface area contributed by atoms with Gasteiger partial charge in [0.1, 0.15) is 0 Å². The largest absolute Gasteiger partial charge is 0.324 e. The van der Waals surface area contributed by atoms with Gasteiger partial charge in [0.2, 0.25) is 12.8 Å². The molecule has 0 radical (unpaired) electrons. The van der Waals surface area contributed by atoms with E-state index < -0.39 is 0 Å². The molecule has 0 saturated carbocycles. The van der Waals surface area contributed by atoms with Gasteiger partial charge in [0.15, 0.2) is 0 Å². The monoisotopic (exact) mass is 496 g/mol. The van der Waals surface area contributed by atoms with Crippen LogP contribution in [0.3, 0.4) is 0 Å². The van der Waals surface area contributed by atoms with Crippen molar-refractivity contribution in [3.05, 3.63) is 0 Å². The van der Waals surface area contributed by atoms with Crippen LogP contribution in [-0.4, -0.2) is 87.9 Å². The topological polar surface area (TPSA) is 65.6 Å². The first-order valence-electron chi connectivity index (χ1n) is 13.0. The number of rotatable bonds is 8. The van der Waals surface area contributed by atoms with E-state index in [9.17, 15) is 9.59 Å². The second-order valence-corrected chi connectivity index (χ2v) is 13.1. The van der Waals surface area contributed by atoms with E-state index in [1.54, 1.807) is 14.2 Å². The zero-order chi connectivity index (χ0) is 27.3. The molecule has 2 amide bonds. The summed E-state index contributed by atoms with van der Waals surface area (Å²) in [5, 5.41) is 4.14. The number of carbonyl (C=O) groups is 2. The summed E-state index contributed by atoms with van der Waals surface area (Å²) >= 11 is 0. The molecule has 0 aromatic rings. The average Bonchev–Trinajstić information content (AvgIpc) is 2.75. The van der Waals surface area contributed by atoms with E-state index in [2.05, 4.69) is 93.2 Å². The minimum Gasteiger partial charge on any atom is -0.324 e. The SMILES string of the molecule is CON1C(C)(C)C(C)C(N(C=O)CN(C=O)C2C(C)C(C)(C)N(OC)C(C)(C)C2C)C(C)C1(C)C. The quantitative estimate of drug-likeness (QED) is 0.374. The van der Waals surface area contributed by atoms with Crippen LogP contribution in [0.2, 0.25) is 0 Å². The minimum absolute atomic E-state index is 0.0583. The van der Waals surface area contributed by atoms with E-state index >= 15 is 0 Å². The molecule has 2 saturated heterocycles. The maximum absolute atomic E-state index is 12.6. The van der Waals surface area contributed by atoms with Gasteiger partial charge in [0.25, 0.3) is 0 Å². The van der Waals surface area contributed by atoms with E-state index in [0.717, 1.165) is 12.8 Å². The summed E-state index contributed by atoms with van der Waals surface area (Å²) in [6, 6.07) is -0.117. The number of carbonyl (C=O) groups excluding carboxylic acids is 2. The number of piperidine rings is 2. The Morgan fingerprint density at radius 3 is 1.00 bits per heavy atom. The number of hydroxylamine groups is 4. The summed E-state index contributed by atoms with van der Waals surface area (Å²) < 4.78 is 0. The van der Waals surface area contributed by atoms with E-state index in [1.165, 1.54) is 0 Å². The molecule has 0 aliphatic carbocycles.